The van der Waals surface area contributed by atoms with E-state index in [-0.39, 0.29) is 6.29 Å². The third-order valence-electron chi connectivity index (χ3n) is 1.70. The molecule has 54 valence electrons. The van der Waals surface area contributed by atoms with Crippen LogP contribution in [0.4, 0.5) is 0 Å². The minimum absolute atomic E-state index is 0.0637. The van der Waals surface area contributed by atoms with Crippen LogP contribution in [-0.4, -0.2) is 19.5 Å². The predicted octanol–water partition coefficient (Wildman–Crippen LogP) is 1.55. The molecule has 1 rings (SSSR count). The van der Waals surface area contributed by atoms with Crippen LogP contribution in [0.25, 0.3) is 0 Å². The van der Waals surface area contributed by atoms with Gasteiger partial charge in [0.15, 0.2) is 6.29 Å². The fourth-order valence-electron chi connectivity index (χ4n) is 1.14. The topological polar surface area (TPSA) is 18.5 Å². The Hall–Kier alpha value is -0.0800. The van der Waals surface area contributed by atoms with E-state index in [1.54, 1.807) is 7.11 Å². The van der Waals surface area contributed by atoms with E-state index in [1.165, 1.54) is 12.8 Å². The molecule has 2 nitrogen and oxygen atoms in total. The maximum absolute atomic E-state index is 5.41. The predicted molar refractivity (Wildman–Crippen MR) is 35.2 cm³/mol. The van der Waals surface area contributed by atoms with Crippen molar-refractivity contribution in [3.63, 3.8) is 0 Å². The Bertz CT molecular complexity index is 83.0. The summed E-state index contributed by atoms with van der Waals surface area (Å²) in [5.74, 6) is 0. The van der Waals surface area contributed by atoms with E-state index < -0.39 is 0 Å². The highest BCUT2D eigenvalue weighted by molar-refractivity contribution is 4.60. The van der Waals surface area contributed by atoms with E-state index >= 15 is 0 Å². The number of hydrogen-bond acceptors (Lipinski definition) is 2. The Morgan fingerprint density at radius 1 is 1.44 bits per heavy atom. The van der Waals surface area contributed by atoms with Gasteiger partial charge in [0.05, 0.1) is 6.10 Å². The Balaban J connectivity index is 2.23. The molecule has 0 aromatic rings. The molecule has 1 aliphatic heterocycles. The quantitative estimate of drug-likeness (QED) is 0.536. The summed E-state index contributed by atoms with van der Waals surface area (Å²) >= 11 is 0. The molecule has 0 aromatic heterocycles. The van der Waals surface area contributed by atoms with Crippen LogP contribution in [0.3, 0.4) is 0 Å². The zero-order valence-electron chi connectivity index (χ0n) is 6.09. The zero-order valence-corrected chi connectivity index (χ0v) is 6.09. The van der Waals surface area contributed by atoms with E-state index in [4.69, 9.17) is 9.47 Å². The van der Waals surface area contributed by atoms with Crippen LogP contribution in [-0.2, 0) is 9.47 Å². The smallest absolute Gasteiger partial charge is 0.157 e. The number of ether oxygens (including phenoxy) is 2. The molecule has 1 aliphatic rings. The van der Waals surface area contributed by atoms with Crippen LogP contribution in [0.15, 0.2) is 0 Å². The molecule has 9 heavy (non-hydrogen) atoms. The molecule has 0 spiro atoms. The van der Waals surface area contributed by atoms with E-state index in [2.05, 4.69) is 6.92 Å². The Morgan fingerprint density at radius 2 is 2.22 bits per heavy atom. The molecule has 0 bridgehead atoms. The maximum atomic E-state index is 5.41. The fraction of sp³-hybridized carbons (Fsp3) is 1.00. The van der Waals surface area contributed by atoms with Gasteiger partial charge in [-0.2, -0.15) is 0 Å². The molecule has 0 N–H and O–H groups in total. The SMILES string of the molecule is COC1CCCC(C)O1. The normalized spacial score (nSPS) is 36.7. The third-order valence-corrected chi connectivity index (χ3v) is 1.70. The van der Waals surface area contributed by atoms with Crippen molar-refractivity contribution in [1.82, 2.24) is 0 Å². The number of methoxy groups -OCH3 is 1. The van der Waals surface area contributed by atoms with Gasteiger partial charge >= 0.3 is 0 Å². The minimum atomic E-state index is 0.0637. The molecule has 0 aliphatic carbocycles. The van der Waals surface area contributed by atoms with E-state index in [1.807, 2.05) is 0 Å². The van der Waals surface area contributed by atoms with Gasteiger partial charge in [0.25, 0.3) is 0 Å². The first-order chi connectivity index (χ1) is 4.33. The second-order valence-corrected chi connectivity index (χ2v) is 2.54. The van der Waals surface area contributed by atoms with Crippen molar-refractivity contribution in [3.05, 3.63) is 0 Å². The summed E-state index contributed by atoms with van der Waals surface area (Å²) in [7, 11) is 1.70. The lowest BCUT2D eigenvalue weighted by Crippen LogP contribution is -2.26. The highest BCUT2D eigenvalue weighted by Gasteiger charge is 2.17. The van der Waals surface area contributed by atoms with Crippen LogP contribution >= 0.6 is 0 Å². The molecular formula is C7H14O2. The van der Waals surface area contributed by atoms with Crippen molar-refractivity contribution >= 4 is 0 Å². The summed E-state index contributed by atoms with van der Waals surface area (Å²) in [6.45, 7) is 2.09. The van der Waals surface area contributed by atoms with Crippen LogP contribution in [0.1, 0.15) is 26.2 Å². The molecule has 1 saturated heterocycles. The van der Waals surface area contributed by atoms with Gasteiger partial charge in [-0.3, -0.25) is 0 Å². The second kappa shape index (κ2) is 3.18. The maximum Gasteiger partial charge on any atom is 0.157 e. The molecule has 0 radical (unpaired) electrons. The largest absolute Gasteiger partial charge is 0.356 e. The molecule has 2 heteroatoms. The van der Waals surface area contributed by atoms with E-state index in [0.717, 1.165) is 6.42 Å². The van der Waals surface area contributed by atoms with Crippen molar-refractivity contribution in [2.75, 3.05) is 7.11 Å². The summed E-state index contributed by atoms with van der Waals surface area (Å²) in [5, 5.41) is 0. The summed E-state index contributed by atoms with van der Waals surface area (Å²) < 4.78 is 10.5. The zero-order chi connectivity index (χ0) is 6.69. The molecule has 1 fully saturated rings. The van der Waals surface area contributed by atoms with Gasteiger partial charge in [-0.05, 0) is 26.2 Å². The lowest BCUT2D eigenvalue weighted by Gasteiger charge is -2.26. The van der Waals surface area contributed by atoms with Crippen LogP contribution in [0, 0.1) is 0 Å². The monoisotopic (exact) mass is 130 g/mol. The first-order valence-corrected chi connectivity index (χ1v) is 3.51. The molecule has 0 aromatic carbocycles. The molecule has 1 heterocycles. The summed E-state index contributed by atoms with van der Waals surface area (Å²) in [5.41, 5.74) is 0. The van der Waals surface area contributed by atoms with Gasteiger partial charge in [-0.15, -0.1) is 0 Å². The summed E-state index contributed by atoms with van der Waals surface area (Å²) in [6, 6.07) is 0. The minimum Gasteiger partial charge on any atom is -0.356 e. The van der Waals surface area contributed by atoms with Crippen molar-refractivity contribution in [2.24, 2.45) is 0 Å². The average Bonchev–Trinajstić information content (AvgIpc) is 1.88. The summed E-state index contributed by atoms with van der Waals surface area (Å²) in [4.78, 5) is 0. The molecular weight excluding hydrogens is 116 g/mol. The van der Waals surface area contributed by atoms with Crippen molar-refractivity contribution in [3.8, 4) is 0 Å². The standard InChI is InChI=1S/C7H14O2/c1-6-4-3-5-7(8-2)9-6/h6-7H,3-5H2,1-2H3. The van der Waals surface area contributed by atoms with Crippen LogP contribution < -0.4 is 0 Å². The fourth-order valence-corrected chi connectivity index (χ4v) is 1.14. The van der Waals surface area contributed by atoms with Gasteiger partial charge in [0.1, 0.15) is 0 Å². The Morgan fingerprint density at radius 3 is 2.67 bits per heavy atom. The van der Waals surface area contributed by atoms with E-state index in [9.17, 15) is 0 Å². The van der Waals surface area contributed by atoms with Gasteiger partial charge < -0.3 is 9.47 Å². The Labute approximate surface area is 56.2 Å². The van der Waals surface area contributed by atoms with Gasteiger partial charge in [0, 0.05) is 7.11 Å². The van der Waals surface area contributed by atoms with Gasteiger partial charge in [0.2, 0.25) is 0 Å². The van der Waals surface area contributed by atoms with E-state index in [0.29, 0.717) is 6.10 Å². The third kappa shape index (κ3) is 1.95. The van der Waals surface area contributed by atoms with Crippen molar-refractivity contribution in [2.45, 2.75) is 38.6 Å². The number of hydrogen-bond donors (Lipinski definition) is 0. The van der Waals surface area contributed by atoms with Crippen LogP contribution in [0.5, 0.6) is 0 Å². The molecule has 2 atom stereocenters. The lowest BCUT2D eigenvalue weighted by molar-refractivity contribution is -0.174. The second-order valence-electron chi connectivity index (χ2n) is 2.54. The first kappa shape index (κ1) is 7.03. The summed E-state index contributed by atoms with van der Waals surface area (Å²) in [6.07, 6.45) is 3.93. The highest BCUT2D eigenvalue weighted by Crippen LogP contribution is 2.18. The molecule has 2 unspecified atom stereocenters. The van der Waals surface area contributed by atoms with Crippen LogP contribution in [0.2, 0.25) is 0 Å². The van der Waals surface area contributed by atoms with Gasteiger partial charge in [-0.25, -0.2) is 0 Å². The Kier molecular flexibility index (Phi) is 2.49. The van der Waals surface area contributed by atoms with Crippen molar-refractivity contribution < 1.29 is 9.47 Å². The van der Waals surface area contributed by atoms with Gasteiger partial charge in [-0.1, -0.05) is 0 Å². The first-order valence-electron chi connectivity index (χ1n) is 3.51. The molecule has 0 saturated carbocycles. The number of rotatable bonds is 1. The van der Waals surface area contributed by atoms with Crippen molar-refractivity contribution in [1.29, 1.82) is 0 Å². The average molecular weight is 130 g/mol. The molecule has 0 amide bonds. The lowest BCUT2D eigenvalue weighted by atomic mass is 10.1. The highest BCUT2D eigenvalue weighted by atomic mass is 16.7.